The number of hydrogen-bond donors (Lipinski definition) is 6. The second kappa shape index (κ2) is 4.62. The SMILES string of the molecule is CC(=O)N[C@]1(O)O[C@H](CO)[C@H](O)[C@H](O)[C@H]1O. The van der Waals surface area contributed by atoms with Crippen LogP contribution in [0.1, 0.15) is 6.92 Å². The van der Waals surface area contributed by atoms with Gasteiger partial charge in [0.25, 0.3) is 5.91 Å². The number of rotatable bonds is 2. The van der Waals surface area contributed by atoms with Crippen LogP contribution in [0.2, 0.25) is 0 Å². The predicted molar refractivity (Wildman–Crippen MR) is 48.7 cm³/mol. The third-order valence-electron chi connectivity index (χ3n) is 2.32. The van der Waals surface area contributed by atoms with E-state index in [9.17, 15) is 25.2 Å². The molecular weight excluding hydrogens is 222 g/mol. The first kappa shape index (κ1) is 13.3. The summed E-state index contributed by atoms with van der Waals surface area (Å²) in [6.45, 7) is 0.381. The Labute approximate surface area is 91.1 Å². The Morgan fingerprint density at radius 2 is 1.94 bits per heavy atom. The molecule has 0 unspecified atom stereocenters. The van der Waals surface area contributed by atoms with E-state index in [1.54, 1.807) is 0 Å². The topological polar surface area (TPSA) is 139 Å². The van der Waals surface area contributed by atoms with Gasteiger partial charge in [0.2, 0.25) is 5.91 Å². The van der Waals surface area contributed by atoms with Crippen molar-refractivity contribution >= 4 is 5.91 Å². The van der Waals surface area contributed by atoms with Gasteiger partial charge in [-0.05, 0) is 0 Å². The second-order valence-corrected chi connectivity index (χ2v) is 3.64. The normalized spacial score (nSPS) is 44.1. The Balaban J connectivity index is 2.89. The number of carbonyl (C=O) groups is 1. The van der Waals surface area contributed by atoms with E-state index < -0.39 is 42.8 Å². The van der Waals surface area contributed by atoms with Crippen LogP contribution < -0.4 is 5.32 Å². The Bertz CT molecular complexity index is 271. The predicted octanol–water partition coefficient (Wildman–Crippen LogP) is -3.76. The fraction of sp³-hybridized carbons (Fsp3) is 0.875. The first-order valence-corrected chi connectivity index (χ1v) is 4.66. The zero-order valence-corrected chi connectivity index (χ0v) is 8.57. The lowest BCUT2D eigenvalue weighted by atomic mass is 9.96. The molecule has 1 saturated heterocycles. The average Bonchev–Trinajstić information content (AvgIpc) is 2.20. The van der Waals surface area contributed by atoms with Crippen molar-refractivity contribution in [3.8, 4) is 0 Å². The van der Waals surface area contributed by atoms with Crippen molar-refractivity contribution in [1.82, 2.24) is 5.32 Å². The minimum absolute atomic E-state index is 0.688. The van der Waals surface area contributed by atoms with Gasteiger partial charge in [0.1, 0.15) is 18.3 Å². The molecule has 0 aromatic carbocycles. The van der Waals surface area contributed by atoms with Gasteiger partial charge in [-0.15, -0.1) is 0 Å². The lowest BCUT2D eigenvalue weighted by Crippen LogP contribution is -2.71. The van der Waals surface area contributed by atoms with Crippen molar-refractivity contribution in [2.45, 2.75) is 37.3 Å². The quantitative estimate of drug-likeness (QED) is 0.271. The maximum Gasteiger partial charge on any atom is 0.279 e. The summed E-state index contributed by atoms with van der Waals surface area (Å²) in [6.07, 6.45) is -6.54. The Kier molecular flexibility index (Phi) is 3.84. The van der Waals surface area contributed by atoms with Crippen molar-refractivity contribution in [1.29, 1.82) is 0 Å². The minimum Gasteiger partial charge on any atom is -0.394 e. The summed E-state index contributed by atoms with van der Waals surface area (Å²) in [5, 5.41) is 48.6. The molecule has 1 fully saturated rings. The van der Waals surface area contributed by atoms with Gasteiger partial charge in [-0.2, -0.15) is 0 Å². The zero-order chi connectivity index (χ0) is 12.5. The lowest BCUT2D eigenvalue weighted by molar-refractivity contribution is -0.358. The molecule has 6 N–H and O–H groups in total. The molecule has 0 radical (unpaired) electrons. The van der Waals surface area contributed by atoms with Gasteiger partial charge in [0, 0.05) is 6.92 Å². The monoisotopic (exact) mass is 237 g/mol. The van der Waals surface area contributed by atoms with E-state index in [-0.39, 0.29) is 0 Å². The third-order valence-corrected chi connectivity index (χ3v) is 2.32. The Morgan fingerprint density at radius 1 is 1.38 bits per heavy atom. The molecule has 0 bridgehead atoms. The summed E-state index contributed by atoms with van der Waals surface area (Å²) in [5.41, 5.74) is 0. The molecule has 1 aliphatic rings. The highest BCUT2D eigenvalue weighted by molar-refractivity contribution is 5.73. The van der Waals surface area contributed by atoms with Crippen LogP contribution in [0.4, 0.5) is 0 Å². The largest absolute Gasteiger partial charge is 0.394 e. The number of hydrogen-bond acceptors (Lipinski definition) is 7. The van der Waals surface area contributed by atoms with Gasteiger partial charge in [0.05, 0.1) is 6.61 Å². The first-order valence-electron chi connectivity index (χ1n) is 4.66. The molecule has 5 atom stereocenters. The van der Waals surface area contributed by atoms with Gasteiger partial charge in [0.15, 0.2) is 6.10 Å². The fourth-order valence-electron chi connectivity index (χ4n) is 1.51. The van der Waals surface area contributed by atoms with Gasteiger partial charge < -0.3 is 35.6 Å². The number of carbonyl (C=O) groups excluding carboxylic acids is 1. The molecule has 0 aromatic rings. The smallest absolute Gasteiger partial charge is 0.279 e. The molecule has 1 rings (SSSR count). The van der Waals surface area contributed by atoms with Gasteiger partial charge >= 0.3 is 0 Å². The summed E-state index contributed by atoms with van der Waals surface area (Å²) in [4.78, 5) is 10.8. The van der Waals surface area contributed by atoms with Crippen LogP contribution in [-0.4, -0.2) is 68.4 Å². The van der Waals surface area contributed by atoms with Crippen LogP contribution >= 0.6 is 0 Å². The van der Waals surface area contributed by atoms with Gasteiger partial charge in [-0.1, -0.05) is 0 Å². The van der Waals surface area contributed by atoms with E-state index in [1.165, 1.54) is 0 Å². The van der Waals surface area contributed by atoms with E-state index in [0.29, 0.717) is 0 Å². The molecule has 1 heterocycles. The van der Waals surface area contributed by atoms with Crippen molar-refractivity contribution in [3.63, 3.8) is 0 Å². The zero-order valence-electron chi connectivity index (χ0n) is 8.57. The van der Waals surface area contributed by atoms with Crippen LogP contribution in [0.3, 0.4) is 0 Å². The Hall–Kier alpha value is -0.770. The maximum absolute atomic E-state index is 10.8. The molecule has 94 valence electrons. The van der Waals surface area contributed by atoms with Crippen molar-refractivity contribution in [3.05, 3.63) is 0 Å². The molecular formula is C8H15NO7. The van der Waals surface area contributed by atoms with Crippen LogP contribution in [0.25, 0.3) is 0 Å². The molecule has 1 amide bonds. The van der Waals surface area contributed by atoms with E-state index in [4.69, 9.17) is 9.84 Å². The standard InChI is InChI=1S/C8H15NO7/c1-3(11)9-8(15)7(14)6(13)5(12)4(2-10)16-8/h4-7,10,12-15H,2H2,1H3,(H,9,11)/t4-,5+,6+,7-,8-/m1/s1. The summed E-state index contributed by atoms with van der Waals surface area (Å²) < 4.78 is 4.74. The molecule has 0 saturated carbocycles. The third kappa shape index (κ3) is 2.32. The number of amides is 1. The van der Waals surface area contributed by atoms with E-state index in [0.717, 1.165) is 6.92 Å². The molecule has 8 heteroatoms. The second-order valence-electron chi connectivity index (χ2n) is 3.64. The van der Waals surface area contributed by atoms with E-state index in [1.807, 2.05) is 5.32 Å². The highest BCUT2D eigenvalue weighted by atomic mass is 16.7. The fourth-order valence-corrected chi connectivity index (χ4v) is 1.51. The summed E-state index contributed by atoms with van der Waals surface area (Å²) in [5.74, 6) is -3.24. The van der Waals surface area contributed by atoms with Crippen LogP contribution in [0.15, 0.2) is 0 Å². The van der Waals surface area contributed by atoms with Gasteiger partial charge in [-0.3, -0.25) is 4.79 Å². The summed E-state index contributed by atoms with van der Waals surface area (Å²) in [7, 11) is 0. The van der Waals surface area contributed by atoms with E-state index >= 15 is 0 Å². The van der Waals surface area contributed by atoms with Crippen LogP contribution in [0.5, 0.6) is 0 Å². The first-order chi connectivity index (χ1) is 7.31. The molecule has 1 aliphatic heterocycles. The Morgan fingerprint density at radius 3 is 2.38 bits per heavy atom. The van der Waals surface area contributed by atoms with Crippen LogP contribution in [0, 0.1) is 0 Å². The molecule has 0 aromatic heterocycles. The maximum atomic E-state index is 10.8. The molecule has 0 aliphatic carbocycles. The average molecular weight is 237 g/mol. The minimum atomic E-state index is -2.53. The lowest BCUT2D eigenvalue weighted by Gasteiger charge is -2.44. The van der Waals surface area contributed by atoms with Gasteiger partial charge in [-0.25, -0.2) is 0 Å². The number of nitrogens with one attached hydrogen (secondary N) is 1. The van der Waals surface area contributed by atoms with E-state index in [2.05, 4.69) is 0 Å². The molecule has 8 nitrogen and oxygen atoms in total. The molecule has 16 heavy (non-hydrogen) atoms. The highest BCUT2D eigenvalue weighted by Crippen LogP contribution is 2.26. The number of ether oxygens (including phenoxy) is 1. The number of aliphatic hydroxyl groups excluding tert-OH is 4. The highest BCUT2D eigenvalue weighted by Gasteiger charge is 2.53. The summed E-state index contributed by atoms with van der Waals surface area (Å²) in [6, 6.07) is 0. The van der Waals surface area contributed by atoms with Crippen LogP contribution in [-0.2, 0) is 9.53 Å². The summed E-state index contributed by atoms with van der Waals surface area (Å²) >= 11 is 0. The number of aliphatic hydroxyl groups is 5. The molecule has 0 spiro atoms. The van der Waals surface area contributed by atoms with Crippen molar-refractivity contribution in [2.24, 2.45) is 0 Å². The van der Waals surface area contributed by atoms with Crippen molar-refractivity contribution < 1.29 is 35.1 Å². The van der Waals surface area contributed by atoms with Crippen molar-refractivity contribution in [2.75, 3.05) is 6.61 Å².